The molecule has 17 heavy (non-hydrogen) atoms. The lowest BCUT2D eigenvalue weighted by molar-refractivity contribution is 0.0758. The lowest BCUT2D eigenvalue weighted by atomic mass is 9.84. The highest BCUT2D eigenvalue weighted by molar-refractivity contribution is 5.97. The Balaban J connectivity index is 2.14. The molecule has 2 heteroatoms. The van der Waals surface area contributed by atoms with Crippen LogP contribution in [0.25, 0.3) is 0 Å². The van der Waals surface area contributed by atoms with E-state index in [9.17, 15) is 4.79 Å². The van der Waals surface area contributed by atoms with Gasteiger partial charge >= 0.3 is 0 Å². The zero-order chi connectivity index (χ0) is 12.2. The van der Waals surface area contributed by atoms with E-state index >= 15 is 0 Å². The van der Waals surface area contributed by atoms with Crippen molar-refractivity contribution in [2.75, 3.05) is 13.6 Å². The largest absolute Gasteiger partial charge is 0.341 e. The Kier molecular flexibility index (Phi) is 2.13. The van der Waals surface area contributed by atoms with Crippen molar-refractivity contribution in [3.8, 4) is 0 Å². The average Bonchev–Trinajstić information content (AvgIpc) is 3.06. The fourth-order valence-corrected chi connectivity index (χ4v) is 2.96. The molecule has 1 heterocycles. The Morgan fingerprint density at radius 3 is 2.59 bits per heavy atom. The predicted octanol–water partition coefficient (Wildman–Crippen LogP) is 2.93. The van der Waals surface area contributed by atoms with Crippen molar-refractivity contribution in [1.29, 1.82) is 0 Å². The van der Waals surface area contributed by atoms with Crippen LogP contribution < -0.4 is 0 Å². The van der Waals surface area contributed by atoms with Gasteiger partial charge in [0, 0.05) is 24.6 Å². The summed E-state index contributed by atoms with van der Waals surface area (Å²) < 4.78 is 0. The third kappa shape index (κ3) is 1.50. The summed E-state index contributed by atoms with van der Waals surface area (Å²) >= 11 is 0. The highest BCUT2D eigenvalue weighted by atomic mass is 16.2. The highest BCUT2D eigenvalue weighted by Gasteiger charge is 2.50. The average molecular weight is 229 g/mol. The molecule has 90 valence electrons. The molecule has 0 aromatic heterocycles. The maximum Gasteiger partial charge on any atom is 0.253 e. The van der Waals surface area contributed by atoms with Gasteiger partial charge in [-0.2, -0.15) is 0 Å². The van der Waals surface area contributed by atoms with Gasteiger partial charge in [0.05, 0.1) is 0 Å². The van der Waals surface area contributed by atoms with E-state index in [2.05, 4.69) is 32.0 Å². The first-order valence-electron chi connectivity index (χ1n) is 6.43. The summed E-state index contributed by atoms with van der Waals surface area (Å²) in [5.41, 5.74) is 3.81. The zero-order valence-electron chi connectivity index (χ0n) is 10.8. The fraction of sp³-hybridized carbons (Fsp3) is 0.533. The number of hydrogen-bond donors (Lipinski definition) is 0. The second-order valence-corrected chi connectivity index (χ2v) is 5.90. The van der Waals surface area contributed by atoms with Gasteiger partial charge in [-0.15, -0.1) is 0 Å². The van der Waals surface area contributed by atoms with Gasteiger partial charge in [-0.25, -0.2) is 0 Å². The molecule has 1 saturated carbocycles. The first-order chi connectivity index (χ1) is 8.03. The second-order valence-electron chi connectivity index (χ2n) is 5.90. The molecular formula is C15H19NO. The normalized spacial score (nSPS) is 20.9. The van der Waals surface area contributed by atoms with Crippen LogP contribution >= 0.6 is 0 Å². The summed E-state index contributed by atoms with van der Waals surface area (Å²) in [7, 11) is 1.92. The summed E-state index contributed by atoms with van der Waals surface area (Å²) in [6.45, 7) is 5.25. The molecular weight excluding hydrogens is 210 g/mol. The molecule has 2 aliphatic rings. The second kappa shape index (κ2) is 3.34. The molecule has 0 saturated heterocycles. The molecule has 1 fully saturated rings. The summed E-state index contributed by atoms with van der Waals surface area (Å²) in [5.74, 6) is 0.676. The third-order valence-electron chi connectivity index (χ3n) is 4.25. The molecule has 0 unspecified atom stereocenters. The predicted molar refractivity (Wildman–Crippen MR) is 68.4 cm³/mol. The SMILES string of the molecule is CC(C)c1ccc2c(c1)C(=O)N(C)CC21CC1. The minimum absolute atomic E-state index is 0.194. The van der Waals surface area contributed by atoms with Gasteiger partial charge in [0.15, 0.2) is 0 Å². The van der Waals surface area contributed by atoms with Crippen LogP contribution in [0.1, 0.15) is 54.1 Å². The van der Waals surface area contributed by atoms with Crippen LogP contribution in [0.3, 0.4) is 0 Å². The van der Waals surface area contributed by atoms with E-state index in [-0.39, 0.29) is 5.91 Å². The minimum atomic E-state index is 0.194. The first kappa shape index (κ1) is 10.8. The third-order valence-corrected chi connectivity index (χ3v) is 4.25. The maximum atomic E-state index is 12.2. The molecule has 1 aliphatic heterocycles. The molecule has 1 aromatic rings. The molecule has 0 bridgehead atoms. The number of hydrogen-bond acceptors (Lipinski definition) is 1. The van der Waals surface area contributed by atoms with Crippen molar-refractivity contribution in [3.05, 3.63) is 34.9 Å². The molecule has 0 atom stereocenters. The maximum absolute atomic E-state index is 12.2. The number of amides is 1. The van der Waals surface area contributed by atoms with Crippen molar-refractivity contribution in [3.63, 3.8) is 0 Å². The fourth-order valence-electron chi connectivity index (χ4n) is 2.96. The van der Waals surface area contributed by atoms with Crippen molar-refractivity contribution in [1.82, 2.24) is 4.90 Å². The number of carbonyl (C=O) groups excluding carboxylic acids is 1. The summed E-state index contributed by atoms with van der Waals surface area (Å²) in [5, 5.41) is 0. The first-order valence-corrected chi connectivity index (χ1v) is 6.43. The number of benzene rings is 1. The molecule has 0 radical (unpaired) electrons. The van der Waals surface area contributed by atoms with Crippen molar-refractivity contribution >= 4 is 5.91 Å². The molecule has 1 amide bonds. The van der Waals surface area contributed by atoms with Crippen molar-refractivity contribution < 1.29 is 4.79 Å². The number of likely N-dealkylation sites (N-methyl/N-ethyl adjacent to an activating group) is 1. The monoisotopic (exact) mass is 229 g/mol. The van der Waals surface area contributed by atoms with E-state index in [0.717, 1.165) is 12.1 Å². The molecule has 2 nitrogen and oxygen atoms in total. The summed E-state index contributed by atoms with van der Waals surface area (Å²) in [6.07, 6.45) is 2.47. The lowest BCUT2D eigenvalue weighted by Crippen LogP contribution is -2.40. The smallest absolute Gasteiger partial charge is 0.253 e. The zero-order valence-corrected chi connectivity index (χ0v) is 10.8. The molecule has 3 rings (SSSR count). The lowest BCUT2D eigenvalue weighted by Gasteiger charge is -2.32. The van der Waals surface area contributed by atoms with Crippen LogP contribution in [0, 0.1) is 0 Å². The van der Waals surface area contributed by atoms with Crippen molar-refractivity contribution in [2.24, 2.45) is 0 Å². The molecule has 1 aliphatic carbocycles. The van der Waals surface area contributed by atoms with Gasteiger partial charge in [-0.1, -0.05) is 26.0 Å². The summed E-state index contributed by atoms with van der Waals surface area (Å²) in [6, 6.07) is 6.50. The van der Waals surface area contributed by atoms with E-state index < -0.39 is 0 Å². The molecule has 1 spiro atoms. The minimum Gasteiger partial charge on any atom is -0.341 e. The Morgan fingerprint density at radius 1 is 1.29 bits per heavy atom. The number of rotatable bonds is 1. The van der Waals surface area contributed by atoms with Crippen LogP contribution in [0.2, 0.25) is 0 Å². The van der Waals surface area contributed by atoms with E-state index in [1.165, 1.54) is 24.0 Å². The van der Waals surface area contributed by atoms with Crippen molar-refractivity contribution in [2.45, 2.75) is 38.0 Å². The van der Waals surface area contributed by atoms with Crippen LogP contribution in [-0.4, -0.2) is 24.4 Å². The molecule has 1 aromatic carbocycles. The van der Waals surface area contributed by atoms with Gasteiger partial charge in [-0.05, 0) is 36.0 Å². The number of fused-ring (bicyclic) bond motifs is 2. The van der Waals surface area contributed by atoms with E-state index in [1.807, 2.05) is 11.9 Å². The Labute approximate surface area is 103 Å². The van der Waals surface area contributed by atoms with Crippen LogP contribution in [-0.2, 0) is 5.41 Å². The quantitative estimate of drug-likeness (QED) is 0.725. The van der Waals surface area contributed by atoms with Gasteiger partial charge in [0.1, 0.15) is 0 Å². The standard InChI is InChI=1S/C15H19NO/c1-10(2)11-4-5-13-12(8-11)14(17)16(3)9-15(13)6-7-15/h4-5,8,10H,6-7,9H2,1-3H3. The summed E-state index contributed by atoms with van der Waals surface area (Å²) in [4.78, 5) is 14.1. The van der Waals surface area contributed by atoms with Gasteiger partial charge in [0.25, 0.3) is 5.91 Å². The van der Waals surface area contributed by atoms with Gasteiger partial charge in [-0.3, -0.25) is 4.79 Å². The molecule has 0 N–H and O–H groups in total. The van der Waals surface area contributed by atoms with Crippen LogP contribution in [0.15, 0.2) is 18.2 Å². The van der Waals surface area contributed by atoms with E-state index in [0.29, 0.717) is 11.3 Å². The van der Waals surface area contributed by atoms with Gasteiger partial charge in [0.2, 0.25) is 0 Å². The topological polar surface area (TPSA) is 20.3 Å². The Bertz CT molecular complexity index is 486. The van der Waals surface area contributed by atoms with Gasteiger partial charge < -0.3 is 4.90 Å². The Morgan fingerprint density at radius 2 is 2.00 bits per heavy atom. The Hall–Kier alpha value is -1.31. The van der Waals surface area contributed by atoms with E-state index in [4.69, 9.17) is 0 Å². The van der Waals surface area contributed by atoms with E-state index in [1.54, 1.807) is 0 Å². The highest BCUT2D eigenvalue weighted by Crippen LogP contribution is 2.52. The van der Waals surface area contributed by atoms with Crippen LogP contribution in [0.5, 0.6) is 0 Å². The number of nitrogens with zero attached hydrogens (tertiary/aromatic N) is 1. The number of carbonyl (C=O) groups is 1. The van der Waals surface area contributed by atoms with Crippen LogP contribution in [0.4, 0.5) is 0 Å².